The zero-order chi connectivity index (χ0) is 16.6. The summed E-state index contributed by atoms with van der Waals surface area (Å²) in [5.41, 5.74) is 2.61. The first-order chi connectivity index (χ1) is 10.9. The van der Waals surface area contributed by atoms with Crippen LogP contribution in [0.1, 0.15) is 28.2 Å². The number of carbonyl (C=O) groups excluding carboxylic acids is 1. The molecule has 0 aliphatic carbocycles. The van der Waals surface area contributed by atoms with E-state index in [2.05, 4.69) is 9.97 Å². The molecule has 1 amide bonds. The van der Waals surface area contributed by atoms with Crippen molar-refractivity contribution in [3.63, 3.8) is 0 Å². The largest absolute Gasteiger partial charge is 0.307 e. The normalized spacial score (nSPS) is 14.4. The number of carbonyl (C=O) groups is 1. The number of amides is 1. The number of hydrogen-bond acceptors (Lipinski definition) is 5. The molecule has 120 valence electrons. The SMILES string of the molecule is Cc1cnc(C(=O)N2CCCc3ccc(S(C)(=O)=O)cc32)cn1. The fourth-order valence-corrected chi connectivity index (χ4v) is 3.28. The average molecular weight is 331 g/mol. The van der Waals surface area contributed by atoms with Crippen molar-refractivity contribution in [3.8, 4) is 0 Å². The van der Waals surface area contributed by atoms with Gasteiger partial charge in [0, 0.05) is 24.7 Å². The van der Waals surface area contributed by atoms with E-state index in [-0.39, 0.29) is 16.5 Å². The zero-order valence-electron chi connectivity index (χ0n) is 13.0. The van der Waals surface area contributed by atoms with Crippen molar-refractivity contribution < 1.29 is 13.2 Å². The smallest absolute Gasteiger partial charge is 0.278 e. The highest BCUT2D eigenvalue weighted by Crippen LogP contribution is 2.30. The molecule has 0 bridgehead atoms. The summed E-state index contributed by atoms with van der Waals surface area (Å²) in [6.07, 6.45) is 5.81. The van der Waals surface area contributed by atoms with Crippen molar-refractivity contribution in [1.29, 1.82) is 0 Å². The fourth-order valence-electron chi connectivity index (χ4n) is 2.64. The van der Waals surface area contributed by atoms with Gasteiger partial charge in [-0.3, -0.25) is 9.78 Å². The lowest BCUT2D eigenvalue weighted by Gasteiger charge is -2.29. The molecule has 6 nitrogen and oxygen atoms in total. The van der Waals surface area contributed by atoms with Gasteiger partial charge >= 0.3 is 0 Å². The zero-order valence-corrected chi connectivity index (χ0v) is 13.8. The number of hydrogen-bond donors (Lipinski definition) is 0. The molecule has 0 saturated heterocycles. The maximum absolute atomic E-state index is 12.7. The Morgan fingerprint density at radius 3 is 2.65 bits per heavy atom. The number of aromatic nitrogens is 2. The number of nitrogens with zero attached hydrogens (tertiary/aromatic N) is 3. The van der Waals surface area contributed by atoms with E-state index < -0.39 is 9.84 Å². The third-order valence-electron chi connectivity index (χ3n) is 3.85. The number of sulfone groups is 1. The van der Waals surface area contributed by atoms with Crippen LogP contribution in [-0.2, 0) is 16.3 Å². The Bertz CT molecular complexity index is 861. The van der Waals surface area contributed by atoms with Gasteiger partial charge in [-0.05, 0) is 37.5 Å². The van der Waals surface area contributed by atoms with Gasteiger partial charge in [0.15, 0.2) is 9.84 Å². The van der Waals surface area contributed by atoms with Crippen LogP contribution in [0.25, 0.3) is 0 Å². The van der Waals surface area contributed by atoms with E-state index in [9.17, 15) is 13.2 Å². The molecule has 1 aromatic heterocycles. The minimum atomic E-state index is -3.32. The molecule has 1 aliphatic heterocycles. The van der Waals surface area contributed by atoms with Crippen molar-refractivity contribution in [2.45, 2.75) is 24.7 Å². The monoisotopic (exact) mass is 331 g/mol. The standard InChI is InChI=1S/C16H17N3O3S/c1-11-9-18-14(10-17-11)16(20)19-7-3-4-12-5-6-13(8-15(12)19)23(2,21)22/h5-6,8-10H,3-4,7H2,1-2H3. The van der Waals surface area contributed by atoms with Crippen LogP contribution >= 0.6 is 0 Å². The molecule has 23 heavy (non-hydrogen) atoms. The van der Waals surface area contributed by atoms with Gasteiger partial charge in [0.25, 0.3) is 5.91 Å². The van der Waals surface area contributed by atoms with Gasteiger partial charge in [-0.2, -0.15) is 0 Å². The van der Waals surface area contributed by atoms with Crippen LogP contribution in [0, 0.1) is 6.92 Å². The summed E-state index contributed by atoms with van der Waals surface area (Å²) in [4.78, 5) is 22.7. The molecule has 2 heterocycles. The van der Waals surface area contributed by atoms with E-state index in [1.165, 1.54) is 6.20 Å². The van der Waals surface area contributed by atoms with Gasteiger partial charge in [0.1, 0.15) is 5.69 Å². The molecule has 0 spiro atoms. The lowest BCUT2D eigenvalue weighted by Crippen LogP contribution is -2.36. The van der Waals surface area contributed by atoms with Gasteiger partial charge in [-0.15, -0.1) is 0 Å². The summed E-state index contributed by atoms with van der Waals surface area (Å²) in [6, 6.07) is 4.95. The van der Waals surface area contributed by atoms with Crippen LogP contribution in [0.5, 0.6) is 0 Å². The number of rotatable bonds is 2. The Morgan fingerprint density at radius 2 is 2.00 bits per heavy atom. The van der Waals surface area contributed by atoms with Crippen molar-refractivity contribution in [3.05, 3.63) is 47.5 Å². The minimum absolute atomic E-state index is 0.214. The van der Waals surface area contributed by atoms with Crippen LogP contribution in [0.3, 0.4) is 0 Å². The molecule has 7 heteroatoms. The topological polar surface area (TPSA) is 80.2 Å². The summed E-state index contributed by atoms with van der Waals surface area (Å²) in [5.74, 6) is -0.260. The first-order valence-corrected chi connectivity index (χ1v) is 9.19. The van der Waals surface area contributed by atoms with Crippen molar-refractivity contribution in [2.24, 2.45) is 0 Å². The molecule has 0 atom stereocenters. The van der Waals surface area contributed by atoms with E-state index in [1.54, 1.807) is 36.2 Å². The van der Waals surface area contributed by atoms with E-state index in [4.69, 9.17) is 0 Å². The van der Waals surface area contributed by atoms with Crippen LogP contribution in [0.4, 0.5) is 5.69 Å². The van der Waals surface area contributed by atoms with Crippen molar-refractivity contribution >= 4 is 21.4 Å². The van der Waals surface area contributed by atoms with Gasteiger partial charge in [0.05, 0.1) is 16.8 Å². The highest BCUT2D eigenvalue weighted by molar-refractivity contribution is 7.90. The fraction of sp³-hybridized carbons (Fsp3) is 0.312. The predicted octanol–water partition coefficient (Wildman–Crippen LogP) is 1.78. The van der Waals surface area contributed by atoms with Crippen molar-refractivity contribution in [2.75, 3.05) is 17.7 Å². The first-order valence-electron chi connectivity index (χ1n) is 7.30. The Labute approximate surface area is 135 Å². The molecular formula is C16H17N3O3S. The van der Waals surface area contributed by atoms with E-state index in [1.807, 2.05) is 0 Å². The minimum Gasteiger partial charge on any atom is -0.307 e. The summed E-state index contributed by atoms with van der Waals surface area (Å²) < 4.78 is 23.6. The first kappa shape index (κ1) is 15.6. The lowest BCUT2D eigenvalue weighted by molar-refractivity contribution is 0.0980. The maximum Gasteiger partial charge on any atom is 0.278 e. The van der Waals surface area contributed by atoms with Crippen molar-refractivity contribution in [1.82, 2.24) is 9.97 Å². The highest BCUT2D eigenvalue weighted by Gasteiger charge is 2.26. The molecule has 0 radical (unpaired) electrons. The second-order valence-corrected chi connectivity index (χ2v) is 7.68. The maximum atomic E-state index is 12.7. The summed E-state index contributed by atoms with van der Waals surface area (Å²) in [6.45, 7) is 2.34. The molecule has 0 saturated carbocycles. The Morgan fingerprint density at radius 1 is 1.22 bits per heavy atom. The molecule has 0 unspecified atom stereocenters. The number of anilines is 1. The van der Waals surface area contributed by atoms with Crippen LogP contribution in [0.15, 0.2) is 35.5 Å². The lowest BCUT2D eigenvalue weighted by atomic mass is 10.0. The van der Waals surface area contributed by atoms with Gasteiger partial charge < -0.3 is 4.90 Å². The average Bonchev–Trinajstić information content (AvgIpc) is 2.53. The third kappa shape index (κ3) is 3.10. The highest BCUT2D eigenvalue weighted by atomic mass is 32.2. The van der Waals surface area contributed by atoms with Crippen LogP contribution < -0.4 is 4.90 Å². The van der Waals surface area contributed by atoms with Gasteiger partial charge in [-0.1, -0.05) is 6.07 Å². The molecular weight excluding hydrogens is 314 g/mol. The summed E-state index contributed by atoms with van der Waals surface area (Å²) in [5, 5.41) is 0. The molecule has 1 aromatic carbocycles. The molecule has 1 aliphatic rings. The van der Waals surface area contributed by atoms with Crippen LogP contribution in [0.2, 0.25) is 0 Å². The van der Waals surface area contributed by atoms with E-state index >= 15 is 0 Å². The number of fused-ring (bicyclic) bond motifs is 1. The quantitative estimate of drug-likeness (QED) is 0.838. The van der Waals surface area contributed by atoms with E-state index in [0.29, 0.717) is 12.2 Å². The molecule has 2 aromatic rings. The summed E-state index contributed by atoms with van der Waals surface area (Å²) >= 11 is 0. The second-order valence-electron chi connectivity index (χ2n) is 5.67. The van der Waals surface area contributed by atoms with Gasteiger partial charge in [0.2, 0.25) is 0 Å². The van der Waals surface area contributed by atoms with E-state index in [0.717, 1.165) is 30.4 Å². The third-order valence-corrected chi connectivity index (χ3v) is 4.96. The molecule has 0 N–H and O–H groups in total. The summed E-state index contributed by atoms with van der Waals surface area (Å²) in [7, 11) is -3.32. The Balaban J connectivity index is 2.03. The Kier molecular flexibility index (Phi) is 3.89. The number of aryl methyl sites for hydroxylation is 2. The number of benzene rings is 1. The second kappa shape index (κ2) is 5.73. The molecule has 0 fully saturated rings. The molecule has 3 rings (SSSR count). The van der Waals surface area contributed by atoms with Crippen LogP contribution in [-0.4, -0.2) is 37.1 Å². The predicted molar refractivity (Wildman–Crippen MR) is 86.3 cm³/mol. The Hall–Kier alpha value is -2.28. The van der Waals surface area contributed by atoms with Gasteiger partial charge in [-0.25, -0.2) is 13.4 Å².